The fourth-order valence-electron chi connectivity index (χ4n) is 2.82. The lowest BCUT2D eigenvalue weighted by molar-refractivity contribution is 0.0654. The monoisotopic (exact) mass is 260 g/mol. The van der Waals surface area contributed by atoms with Crippen molar-refractivity contribution in [1.29, 1.82) is 0 Å². The first kappa shape index (κ1) is 14.1. The summed E-state index contributed by atoms with van der Waals surface area (Å²) >= 11 is 0. The number of amides is 1. The van der Waals surface area contributed by atoms with Crippen LogP contribution in [-0.2, 0) is 0 Å². The second kappa shape index (κ2) is 5.33. The zero-order valence-electron chi connectivity index (χ0n) is 12.6. The molecule has 1 aliphatic heterocycles. The normalized spacial score (nSPS) is 19.6. The maximum atomic E-state index is 12.9. The van der Waals surface area contributed by atoms with E-state index in [1.807, 2.05) is 4.90 Å². The molecule has 3 nitrogen and oxygen atoms in total. The number of hydrogen-bond acceptors (Lipinski definition) is 2. The van der Waals surface area contributed by atoms with E-state index in [4.69, 9.17) is 0 Å². The van der Waals surface area contributed by atoms with Gasteiger partial charge in [0.15, 0.2) is 0 Å². The highest BCUT2D eigenvalue weighted by molar-refractivity contribution is 5.98. The molecular formula is C16H24N2O. The van der Waals surface area contributed by atoms with E-state index in [2.05, 4.69) is 46.0 Å². The van der Waals surface area contributed by atoms with E-state index < -0.39 is 0 Å². The van der Waals surface area contributed by atoms with Gasteiger partial charge in [0.1, 0.15) is 0 Å². The molecule has 2 rings (SSSR count). The second-order valence-electron chi connectivity index (χ2n) is 5.69. The van der Waals surface area contributed by atoms with Gasteiger partial charge in [-0.25, -0.2) is 0 Å². The molecular weight excluding hydrogens is 236 g/mol. The summed E-state index contributed by atoms with van der Waals surface area (Å²) in [6.07, 6.45) is 0. The van der Waals surface area contributed by atoms with Crippen LogP contribution in [0.4, 0.5) is 0 Å². The molecule has 1 heterocycles. The number of hydrogen-bond donors (Lipinski definition) is 1. The maximum Gasteiger partial charge on any atom is 0.254 e. The molecule has 1 unspecified atom stereocenters. The van der Waals surface area contributed by atoms with Crippen molar-refractivity contribution in [2.45, 2.75) is 40.7 Å². The predicted molar refractivity (Wildman–Crippen MR) is 78.8 cm³/mol. The highest BCUT2D eigenvalue weighted by atomic mass is 16.2. The Morgan fingerprint density at radius 1 is 1.21 bits per heavy atom. The number of carbonyl (C=O) groups is 1. The van der Waals surface area contributed by atoms with Crippen LogP contribution >= 0.6 is 0 Å². The zero-order valence-corrected chi connectivity index (χ0v) is 12.6. The van der Waals surface area contributed by atoms with Gasteiger partial charge in [0, 0.05) is 31.2 Å². The lowest BCUT2D eigenvalue weighted by Gasteiger charge is -2.35. The van der Waals surface area contributed by atoms with Crippen LogP contribution in [0.1, 0.15) is 39.5 Å². The molecule has 1 saturated heterocycles. The molecule has 104 valence electrons. The van der Waals surface area contributed by atoms with Crippen LogP contribution in [0.3, 0.4) is 0 Å². The Morgan fingerprint density at radius 2 is 1.79 bits per heavy atom. The Balaban J connectivity index is 2.43. The second-order valence-corrected chi connectivity index (χ2v) is 5.69. The van der Waals surface area contributed by atoms with Gasteiger partial charge >= 0.3 is 0 Å². The van der Waals surface area contributed by atoms with Gasteiger partial charge in [0.05, 0.1) is 0 Å². The molecule has 0 aromatic heterocycles. The lowest BCUT2D eigenvalue weighted by atomic mass is 9.93. The molecule has 1 fully saturated rings. The number of benzene rings is 1. The Bertz CT molecular complexity index is 482. The number of nitrogens with zero attached hydrogens (tertiary/aromatic N) is 1. The minimum atomic E-state index is 0.191. The summed E-state index contributed by atoms with van der Waals surface area (Å²) in [4.78, 5) is 14.9. The number of nitrogens with one attached hydrogen (secondary N) is 1. The topological polar surface area (TPSA) is 32.3 Å². The minimum Gasteiger partial charge on any atom is -0.333 e. The summed E-state index contributed by atoms with van der Waals surface area (Å²) in [5, 5.41) is 3.33. The third kappa shape index (κ3) is 2.52. The number of carbonyl (C=O) groups excluding carboxylic acids is 1. The van der Waals surface area contributed by atoms with E-state index in [9.17, 15) is 4.79 Å². The fraction of sp³-hybridized carbons (Fsp3) is 0.562. The Hall–Kier alpha value is -1.35. The smallest absolute Gasteiger partial charge is 0.254 e. The quantitative estimate of drug-likeness (QED) is 0.840. The molecule has 3 heteroatoms. The van der Waals surface area contributed by atoms with Gasteiger partial charge in [-0.2, -0.15) is 0 Å². The van der Waals surface area contributed by atoms with E-state index in [0.29, 0.717) is 0 Å². The van der Waals surface area contributed by atoms with Gasteiger partial charge in [-0.05, 0) is 56.9 Å². The lowest BCUT2D eigenvalue weighted by Crippen LogP contribution is -2.52. The van der Waals surface area contributed by atoms with E-state index in [0.717, 1.165) is 36.3 Å². The van der Waals surface area contributed by atoms with Crippen molar-refractivity contribution in [1.82, 2.24) is 10.2 Å². The molecule has 1 aliphatic rings. The summed E-state index contributed by atoms with van der Waals surface area (Å²) in [7, 11) is 0. The molecule has 1 amide bonds. The van der Waals surface area contributed by atoms with Gasteiger partial charge in [-0.1, -0.05) is 6.07 Å². The number of aryl methyl sites for hydroxylation is 2. The summed E-state index contributed by atoms with van der Waals surface area (Å²) < 4.78 is 0. The molecule has 1 aromatic carbocycles. The van der Waals surface area contributed by atoms with Crippen molar-refractivity contribution in [3.8, 4) is 0 Å². The molecule has 19 heavy (non-hydrogen) atoms. The highest BCUT2D eigenvalue weighted by Crippen LogP contribution is 2.24. The zero-order chi connectivity index (χ0) is 14.2. The average Bonchev–Trinajstić information content (AvgIpc) is 2.37. The first-order chi connectivity index (χ1) is 8.93. The van der Waals surface area contributed by atoms with Crippen LogP contribution in [0.25, 0.3) is 0 Å². The van der Waals surface area contributed by atoms with E-state index in [1.54, 1.807) is 0 Å². The first-order valence-corrected chi connectivity index (χ1v) is 7.02. The van der Waals surface area contributed by atoms with E-state index >= 15 is 0 Å². The summed E-state index contributed by atoms with van der Waals surface area (Å²) in [5.41, 5.74) is 5.56. The molecule has 0 aliphatic carbocycles. The minimum absolute atomic E-state index is 0.191. The van der Waals surface area contributed by atoms with Gasteiger partial charge in [0.25, 0.3) is 5.91 Å². The standard InChI is InChI=1S/C16H24N2O/c1-10-8-11(2)14(5)15(13(10)4)16(19)18-7-6-17-9-12(18)3/h8,12,17H,6-7,9H2,1-5H3. The van der Waals surface area contributed by atoms with Gasteiger partial charge in [-0.15, -0.1) is 0 Å². The van der Waals surface area contributed by atoms with Gasteiger partial charge < -0.3 is 10.2 Å². The van der Waals surface area contributed by atoms with Crippen molar-refractivity contribution in [2.24, 2.45) is 0 Å². The van der Waals surface area contributed by atoms with Crippen molar-refractivity contribution >= 4 is 5.91 Å². The SMILES string of the molecule is Cc1cc(C)c(C)c(C(=O)N2CCNCC2C)c1C. The van der Waals surface area contributed by atoms with E-state index in [-0.39, 0.29) is 11.9 Å². The molecule has 1 atom stereocenters. The van der Waals surface area contributed by atoms with E-state index in [1.165, 1.54) is 11.1 Å². The van der Waals surface area contributed by atoms with Crippen LogP contribution in [0.2, 0.25) is 0 Å². The third-order valence-electron chi connectivity index (χ3n) is 4.34. The van der Waals surface area contributed by atoms with Crippen molar-refractivity contribution in [3.05, 3.63) is 33.9 Å². The largest absolute Gasteiger partial charge is 0.333 e. The van der Waals surface area contributed by atoms with Crippen LogP contribution in [-0.4, -0.2) is 36.5 Å². The van der Waals surface area contributed by atoms with Crippen LogP contribution in [0.15, 0.2) is 6.07 Å². The van der Waals surface area contributed by atoms with Crippen LogP contribution in [0.5, 0.6) is 0 Å². The number of rotatable bonds is 1. The maximum absolute atomic E-state index is 12.9. The van der Waals surface area contributed by atoms with Crippen molar-refractivity contribution in [3.63, 3.8) is 0 Å². The molecule has 0 saturated carbocycles. The Labute approximate surface area is 116 Å². The van der Waals surface area contributed by atoms with Crippen LogP contribution < -0.4 is 5.32 Å². The third-order valence-corrected chi connectivity index (χ3v) is 4.34. The first-order valence-electron chi connectivity index (χ1n) is 7.02. The number of piperazine rings is 1. The predicted octanol–water partition coefficient (Wildman–Crippen LogP) is 2.35. The van der Waals surface area contributed by atoms with Crippen molar-refractivity contribution < 1.29 is 4.79 Å². The molecule has 1 aromatic rings. The molecule has 0 bridgehead atoms. The van der Waals surface area contributed by atoms with Gasteiger partial charge in [-0.3, -0.25) is 4.79 Å². The summed E-state index contributed by atoms with van der Waals surface area (Å²) in [6.45, 7) is 13.0. The van der Waals surface area contributed by atoms with Crippen LogP contribution in [0, 0.1) is 27.7 Å². The molecule has 0 radical (unpaired) electrons. The Kier molecular flexibility index (Phi) is 3.95. The summed E-state index contributed by atoms with van der Waals surface area (Å²) in [6, 6.07) is 2.43. The molecule has 1 N–H and O–H groups in total. The highest BCUT2D eigenvalue weighted by Gasteiger charge is 2.26. The van der Waals surface area contributed by atoms with Crippen molar-refractivity contribution in [2.75, 3.05) is 19.6 Å². The summed E-state index contributed by atoms with van der Waals surface area (Å²) in [5.74, 6) is 0.191. The average molecular weight is 260 g/mol. The van der Waals surface area contributed by atoms with Gasteiger partial charge in [0.2, 0.25) is 0 Å². The molecule has 0 spiro atoms. The Morgan fingerprint density at radius 3 is 2.32 bits per heavy atom. The fourth-order valence-corrected chi connectivity index (χ4v) is 2.82.